The van der Waals surface area contributed by atoms with Gasteiger partial charge < -0.3 is 18.9 Å². The van der Waals surface area contributed by atoms with Crippen molar-refractivity contribution in [3.05, 3.63) is 23.4 Å². The van der Waals surface area contributed by atoms with Crippen LogP contribution in [0.4, 0.5) is 18.0 Å². The first kappa shape index (κ1) is 23.8. The van der Waals surface area contributed by atoms with Crippen LogP contribution in [0.25, 0.3) is 0 Å². The van der Waals surface area contributed by atoms with Crippen molar-refractivity contribution in [1.29, 1.82) is 0 Å². The molecule has 2 fully saturated rings. The molecule has 172 valence electrons. The third-order valence-electron chi connectivity index (χ3n) is 5.99. The number of aromatic nitrogens is 1. The van der Waals surface area contributed by atoms with E-state index in [1.807, 2.05) is 27.7 Å². The van der Waals surface area contributed by atoms with Gasteiger partial charge in [-0.1, -0.05) is 6.07 Å². The molecule has 0 aromatic carbocycles. The summed E-state index contributed by atoms with van der Waals surface area (Å²) in [6.07, 6.45) is -4.76. The summed E-state index contributed by atoms with van der Waals surface area (Å²) in [5, 5.41) is 0. The number of carbonyl (C=O) groups excluding carboxylic acids is 1. The van der Waals surface area contributed by atoms with Crippen LogP contribution in [-0.2, 0) is 20.2 Å². The molecule has 3 heterocycles. The number of pyridine rings is 1. The van der Waals surface area contributed by atoms with E-state index in [2.05, 4.69) is 4.98 Å². The topological polar surface area (TPSA) is 60.9 Å². The van der Waals surface area contributed by atoms with E-state index in [-0.39, 0.29) is 17.7 Å². The van der Waals surface area contributed by atoms with Crippen molar-refractivity contribution in [2.24, 2.45) is 0 Å². The molecule has 1 amide bonds. The van der Waals surface area contributed by atoms with E-state index in [1.54, 1.807) is 20.8 Å². The fraction of sp³-hybridized carbons (Fsp3) is 0.714. The minimum Gasteiger partial charge on any atom is -0.444 e. The molecule has 3 rings (SSSR count). The first-order valence-electron chi connectivity index (χ1n) is 10.4. The summed E-state index contributed by atoms with van der Waals surface area (Å²) < 4.78 is 58.8. The third kappa shape index (κ3) is 5.00. The Morgan fingerprint density at radius 3 is 2.26 bits per heavy atom. The monoisotopic (exact) mass is 442 g/mol. The van der Waals surface area contributed by atoms with Gasteiger partial charge in [-0.2, -0.15) is 13.2 Å². The number of ether oxygens (including phenoxy) is 1. The molecular weight excluding hydrogens is 412 g/mol. The van der Waals surface area contributed by atoms with Crippen molar-refractivity contribution in [3.8, 4) is 0 Å². The summed E-state index contributed by atoms with van der Waals surface area (Å²) in [7, 11) is -0.984. The van der Waals surface area contributed by atoms with Gasteiger partial charge in [-0.05, 0) is 66.5 Å². The molecule has 2 aliphatic rings. The number of nitrogens with zero attached hydrogens (tertiary/aromatic N) is 2. The maximum Gasteiger partial charge on any atom is 0.514 e. The first-order valence-corrected chi connectivity index (χ1v) is 10.4. The standard InChI is InChI=1S/C21H30BF3N2O4/c1-18(2,3)29-17(28)27-11-10-13(12-27)14-8-9-15(26-16(14)21(23,24)25)22-30-19(4,5)20(6,7)31-22/h8-9,13H,10-12H2,1-7H3. The predicted octanol–water partition coefficient (Wildman–Crippen LogP) is 4.12. The first-order chi connectivity index (χ1) is 14.0. The van der Waals surface area contributed by atoms with Crippen molar-refractivity contribution >= 4 is 18.8 Å². The second kappa shape index (κ2) is 7.65. The number of hydrogen-bond acceptors (Lipinski definition) is 5. The van der Waals surface area contributed by atoms with E-state index in [1.165, 1.54) is 17.0 Å². The fourth-order valence-electron chi connectivity index (χ4n) is 3.64. The highest BCUT2D eigenvalue weighted by Gasteiger charge is 2.53. The lowest BCUT2D eigenvalue weighted by atomic mass is 9.82. The zero-order valence-corrected chi connectivity index (χ0v) is 19.1. The molecule has 1 atom stereocenters. The zero-order valence-electron chi connectivity index (χ0n) is 19.1. The van der Waals surface area contributed by atoms with Gasteiger partial charge in [0.15, 0.2) is 0 Å². The summed E-state index contributed by atoms with van der Waals surface area (Å²) >= 11 is 0. The van der Waals surface area contributed by atoms with Gasteiger partial charge in [0.2, 0.25) is 0 Å². The van der Waals surface area contributed by atoms with Crippen molar-refractivity contribution in [1.82, 2.24) is 9.88 Å². The Hall–Kier alpha value is -1.81. The van der Waals surface area contributed by atoms with Gasteiger partial charge in [-0.3, -0.25) is 4.98 Å². The third-order valence-corrected chi connectivity index (χ3v) is 5.99. The minimum atomic E-state index is -4.64. The average molecular weight is 442 g/mol. The van der Waals surface area contributed by atoms with E-state index < -0.39 is 47.8 Å². The lowest BCUT2D eigenvalue weighted by Crippen LogP contribution is -2.41. The Labute approximate surface area is 181 Å². The Balaban J connectivity index is 1.85. The maximum absolute atomic E-state index is 13.9. The quantitative estimate of drug-likeness (QED) is 0.645. The summed E-state index contributed by atoms with van der Waals surface area (Å²) in [6.45, 7) is 13.0. The molecule has 2 saturated heterocycles. The van der Waals surface area contributed by atoms with Crippen LogP contribution in [-0.4, -0.2) is 53.0 Å². The molecule has 0 radical (unpaired) electrons. The summed E-state index contributed by atoms with van der Waals surface area (Å²) in [4.78, 5) is 17.7. The fourth-order valence-corrected chi connectivity index (χ4v) is 3.64. The molecule has 2 aliphatic heterocycles. The molecule has 0 N–H and O–H groups in total. The summed E-state index contributed by atoms with van der Waals surface area (Å²) in [5.74, 6) is -0.482. The van der Waals surface area contributed by atoms with Gasteiger partial charge in [-0.25, -0.2) is 4.79 Å². The summed E-state index contributed by atoms with van der Waals surface area (Å²) in [5.41, 5.74) is -2.85. The lowest BCUT2D eigenvalue weighted by molar-refractivity contribution is -0.141. The Bertz CT molecular complexity index is 836. The molecule has 0 aliphatic carbocycles. The SMILES string of the molecule is CC(C)(C)OC(=O)N1CCC(c2ccc(B3OC(C)(C)C(C)(C)O3)nc2C(F)(F)F)C1. The number of amides is 1. The molecule has 1 aromatic rings. The number of rotatable bonds is 2. The molecule has 0 spiro atoms. The van der Waals surface area contributed by atoms with E-state index in [9.17, 15) is 18.0 Å². The van der Waals surface area contributed by atoms with E-state index >= 15 is 0 Å². The van der Waals surface area contributed by atoms with Crippen molar-refractivity contribution in [3.63, 3.8) is 0 Å². The van der Waals surface area contributed by atoms with Gasteiger partial charge in [0.25, 0.3) is 0 Å². The highest BCUT2D eigenvalue weighted by molar-refractivity contribution is 6.61. The van der Waals surface area contributed by atoms with Crippen LogP contribution < -0.4 is 5.59 Å². The number of likely N-dealkylation sites (tertiary alicyclic amines) is 1. The van der Waals surface area contributed by atoms with Gasteiger partial charge in [-0.15, -0.1) is 0 Å². The number of hydrogen-bond donors (Lipinski definition) is 0. The van der Waals surface area contributed by atoms with Crippen LogP contribution in [0, 0.1) is 0 Å². The number of carbonyl (C=O) groups is 1. The van der Waals surface area contributed by atoms with Crippen molar-refractivity contribution in [2.75, 3.05) is 13.1 Å². The highest BCUT2D eigenvalue weighted by Crippen LogP contribution is 2.39. The van der Waals surface area contributed by atoms with Crippen LogP contribution in [0.2, 0.25) is 0 Å². The van der Waals surface area contributed by atoms with Crippen LogP contribution in [0.1, 0.15) is 72.1 Å². The van der Waals surface area contributed by atoms with Crippen LogP contribution in [0.3, 0.4) is 0 Å². The molecule has 0 bridgehead atoms. The van der Waals surface area contributed by atoms with Crippen molar-refractivity contribution in [2.45, 2.75) is 83.8 Å². The molecule has 1 aromatic heterocycles. The van der Waals surface area contributed by atoms with E-state index in [0.717, 1.165) is 0 Å². The van der Waals surface area contributed by atoms with Crippen molar-refractivity contribution < 1.29 is 32.0 Å². The molecule has 0 saturated carbocycles. The lowest BCUT2D eigenvalue weighted by Gasteiger charge is -2.32. The molecule has 6 nitrogen and oxygen atoms in total. The second-order valence-electron chi connectivity index (χ2n) is 10.2. The predicted molar refractivity (Wildman–Crippen MR) is 110 cm³/mol. The van der Waals surface area contributed by atoms with E-state index in [4.69, 9.17) is 14.0 Å². The molecule has 1 unspecified atom stereocenters. The Kier molecular flexibility index (Phi) is 5.89. The van der Waals surface area contributed by atoms with E-state index in [0.29, 0.717) is 13.0 Å². The number of alkyl halides is 3. The van der Waals surface area contributed by atoms with Crippen LogP contribution in [0.15, 0.2) is 12.1 Å². The average Bonchev–Trinajstić information content (AvgIpc) is 3.15. The molecule has 10 heteroatoms. The zero-order chi connectivity index (χ0) is 23.4. The minimum absolute atomic E-state index is 0.0684. The van der Waals surface area contributed by atoms with Gasteiger partial charge in [0.1, 0.15) is 11.3 Å². The highest BCUT2D eigenvalue weighted by atomic mass is 19.4. The Morgan fingerprint density at radius 2 is 1.74 bits per heavy atom. The molecule has 31 heavy (non-hydrogen) atoms. The van der Waals surface area contributed by atoms with Gasteiger partial charge in [0.05, 0.1) is 16.8 Å². The van der Waals surface area contributed by atoms with Gasteiger partial charge >= 0.3 is 19.4 Å². The number of halogens is 3. The largest absolute Gasteiger partial charge is 0.514 e. The summed E-state index contributed by atoms with van der Waals surface area (Å²) in [6, 6.07) is 2.95. The Morgan fingerprint density at radius 1 is 1.16 bits per heavy atom. The van der Waals surface area contributed by atoms with Crippen LogP contribution >= 0.6 is 0 Å². The normalized spacial score (nSPS) is 23.4. The van der Waals surface area contributed by atoms with Gasteiger partial charge in [0, 0.05) is 19.0 Å². The molecular formula is C21H30BF3N2O4. The smallest absolute Gasteiger partial charge is 0.444 e. The maximum atomic E-state index is 13.9. The second-order valence-corrected chi connectivity index (χ2v) is 10.2. The van der Waals surface area contributed by atoms with Crippen LogP contribution in [0.5, 0.6) is 0 Å².